The Labute approximate surface area is 171 Å². The monoisotopic (exact) mass is 441 g/mol. The van der Waals surface area contributed by atoms with Gasteiger partial charge in [0.25, 0.3) is 0 Å². The largest absolute Gasteiger partial charge is 0.479 e. The Kier molecular flexibility index (Phi) is 4.99. The van der Waals surface area contributed by atoms with Crippen molar-refractivity contribution in [2.24, 2.45) is 0 Å². The normalized spacial score (nSPS) is 27.5. The second-order valence-electron chi connectivity index (χ2n) is 6.72. The average molecular weight is 442 g/mol. The van der Waals surface area contributed by atoms with Crippen molar-refractivity contribution in [1.29, 1.82) is 0 Å². The molecule has 0 aromatic carbocycles. The van der Waals surface area contributed by atoms with Crippen molar-refractivity contribution < 1.29 is 29.6 Å². The van der Waals surface area contributed by atoms with Gasteiger partial charge in [0, 0.05) is 0 Å². The lowest BCUT2D eigenvalue weighted by Crippen LogP contribution is -2.44. The molecule has 0 saturated carbocycles. The summed E-state index contributed by atoms with van der Waals surface area (Å²) in [6.07, 6.45) is -3.96. The topological polar surface area (TPSA) is 220 Å². The van der Waals surface area contributed by atoms with Gasteiger partial charge in [-0.15, -0.1) is 10.2 Å². The first-order chi connectivity index (χ1) is 14.2. The number of ether oxygens (including phenoxy) is 2. The molecule has 0 spiro atoms. The van der Waals surface area contributed by atoms with E-state index in [2.05, 4.69) is 35.6 Å². The van der Waals surface area contributed by atoms with Crippen LogP contribution in [0.5, 0.6) is 0 Å². The van der Waals surface area contributed by atoms with Gasteiger partial charge >= 0.3 is 5.97 Å². The molecule has 0 aliphatic carbocycles. The molecule has 4 heterocycles. The molecule has 160 valence electrons. The number of aliphatic carboxylic acids is 1. The highest BCUT2D eigenvalue weighted by Gasteiger charge is 2.54. The van der Waals surface area contributed by atoms with Crippen LogP contribution in [0.15, 0.2) is 6.33 Å². The van der Waals surface area contributed by atoms with Crippen molar-refractivity contribution in [2.45, 2.75) is 37.1 Å². The zero-order valence-electron chi connectivity index (χ0n) is 15.2. The van der Waals surface area contributed by atoms with E-state index >= 15 is 0 Å². The van der Waals surface area contributed by atoms with E-state index in [1.165, 1.54) is 17.8 Å². The fourth-order valence-corrected chi connectivity index (χ4v) is 3.36. The summed E-state index contributed by atoms with van der Waals surface area (Å²) in [6.45, 7) is 0.942. The number of hydrogen-bond acceptors (Lipinski definition) is 12. The summed E-state index contributed by atoms with van der Waals surface area (Å²) >= 11 is 5.86. The number of carboxylic acid groups (broad SMARTS) is 1. The number of imidazole rings is 1. The second-order valence-corrected chi connectivity index (χ2v) is 7.06. The van der Waals surface area contributed by atoms with Crippen LogP contribution >= 0.6 is 11.6 Å². The SMILES string of the molecule is C[C@@]1(O)[C@H](O)[C@@H](COC(C(=O)O)c2nn[nH]n2)O[C@H]1n1cnc2c(N)nc(Cl)nc21. The summed E-state index contributed by atoms with van der Waals surface area (Å²) in [5.41, 5.74) is 4.38. The van der Waals surface area contributed by atoms with E-state index in [9.17, 15) is 20.1 Å². The molecular formula is C14H16ClN9O6. The van der Waals surface area contributed by atoms with Crippen molar-refractivity contribution in [3.63, 3.8) is 0 Å². The van der Waals surface area contributed by atoms with Gasteiger partial charge in [-0.05, 0) is 18.5 Å². The first kappa shape index (κ1) is 20.3. The predicted molar refractivity (Wildman–Crippen MR) is 95.8 cm³/mol. The first-order valence-electron chi connectivity index (χ1n) is 8.49. The number of nitrogens with two attached hydrogens (primary N) is 1. The zero-order valence-corrected chi connectivity index (χ0v) is 16.0. The lowest BCUT2D eigenvalue weighted by molar-refractivity contribution is -0.156. The van der Waals surface area contributed by atoms with E-state index in [4.69, 9.17) is 26.8 Å². The molecule has 5 atom stereocenters. The summed E-state index contributed by atoms with van der Waals surface area (Å²) in [6, 6.07) is 0. The smallest absolute Gasteiger partial charge is 0.341 e. The molecule has 3 aromatic heterocycles. The van der Waals surface area contributed by atoms with Crippen LogP contribution in [-0.4, -0.2) is 85.8 Å². The number of carboxylic acids is 1. The van der Waals surface area contributed by atoms with Crippen molar-refractivity contribution in [3.8, 4) is 0 Å². The number of anilines is 1. The summed E-state index contributed by atoms with van der Waals surface area (Å²) in [5.74, 6) is -1.54. The third kappa shape index (κ3) is 3.31. The first-order valence-corrected chi connectivity index (χ1v) is 8.87. The van der Waals surface area contributed by atoms with Gasteiger partial charge in [-0.3, -0.25) is 4.57 Å². The molecular weight excluding hydrogens is 426 g/mol. The maximum atomic E-state index is 11.4. The Morgan fingerprint density at radius 1 is 1.53 bits per heavy atom. The van der Waals surface area contributed by atoms with Crippen LogP contribution in [-0.2, 0) is 14.3 Å². The molecule has 1 unspecified atom stereocenters. The molecule has 1 saturated heterocycles. The highest BCUT2D eigenvalue weighted by atomic mass is 35.5. The highest BCUT2D eigenvalue weighted by molar-refractivity contribution is 6.28. The number of nitrogen functional groups attached to an aromatic ring is 1. The highest BCUT2D eigenvalue weighted by Crippen LogP contribution is 2.40. The van der Waals surface area contributed by atoms with Crippen molar-refractivity contribution in [1.82, 2.24) is 40.1 Å². The number of tetrazole rings is 1. The Morgan fingerprint density at radius 2 is 2.30 bits per heavy atom. The number of aromatic amines is 1. The summed E-state index contributed by atoms with van der Waals surface area (Å²) in [5, 5.41) is 43.2. The minimum atomic E-state index is -1.82. The third-order valence-corrected chi connectivity index (χ3v) is 4.85. The standard InChI is InChI=1S/C14H16ClN9O6/c1-14(28)7(25)4(2-29-6(11(26)27)9-20-22-23-21-9)30-12(14)24-3-17-5-8(16)18-13(15)19-10(5)24/h3-4,6-7,12,25,28H,2H2,1H3,(H,26,27)(H2,16,18,19)(H,20,21,22,23)/t4-,6?,7-,12-,14-/m1/s1. The average Bonchev–Trinajstić information content (AvgIpc) is 3.37. The number of halogens is 1. The van der Waals surface area contributed by atoms with Gasteiger partial charge in [-0.1, -0.05) is 5.21 Å². The van der Waals surface area contributed by atoms with Crippen LogP contribution in [0.3, 0.4) is 0 Å². The maximum absolute atomic E-state index is 11.4. The molecule has 0 bridgehead atoms. The van der Waals surface area contributed by atoms with Gasteiger partial charge in [0.2, 0.25) is 17.2 Å². The fraction of sp³-hybridized carbons (Fsp3) is 0.500. The van der Waals surface area contributed by atoms with Gasteiger partial charge < -0.3 is 30.5 Å². The number of H-pyrrole nitrogens is 1. The molecule has 1 aliphatic rings. The molecule has 30 heavy (non-hydrogen) atoms. The van der Waals surface area contributed by atoms with Crippen LogP contribution in [0.25, 0.3) is 11.2 Å². The Bertz CT molecular complexity index is 1070. The lowest BCUT2D eigenvalue weighted by Gasteiger charge is -2.27. The molecule has 15 nitrogen and oxygen atoms in total. The van der Waals surface area contributed by atoms with Crippen molar-refractivity contribution >= 4 is 34.6 Å². The summed E-state index contributed by atoms with van der Waals surface area (Å²) in [4.78, 5) is 23.4. The number of aliphatic hydroxyl groups excluding tert-OH is 1. The van der Waals surface area contributed by atoms with E-state index < -0.39 is 42.7 Å². The van der Waals surface area contributed by atoms with Crippen LogP contribution < -0.4 is 5.73 Å². The number of rotatable bonds is 6. The van der Waals surface area contributed by atoms with E-state index in [1.54, 1.807) is 0 Å². The van der Waals surface area contributed by atoms with E-state index in [1.807, 2.05) is 0 Å². The number of hydrogen-bond donors (Lipinski definition) is 5. The second kappa shape index (κ2) is 7.37. The van der Waals surface area contributed by atoms with E-state index in [0.717, 1.165) is 0 Å². The number of carbonyl (C=O) groups is 1. The minimum absolute atomic E-state index is 0.0335. The quantitative estimate of drug-likeness (QED) is 0.273. The van der Waals surface area contributed by atoms with E-state index in [-0.39, 0.29) is 28.1 Å². The zero-order chi connectivity index (χ0) is 21.6. The molecule has 4 rings (SSSR count). The molecule has 0 amide bonds. The number of nitrogens with zero attached hydrogens (tertiary/aromatic N) is 7. The number of fused-ring (bicyclic) bond motifs is 1. The Morgan fingerprint density at radius 3 is 2.97 bits per heavy atom. The molecule has 3 aromatic rings. The fourth-order valence-electron chi connectivity index (χ4n) is 3.19. The van der Waals surface area contributed by atoms with Crippen molar-refractivity contribution in [3.05, 3.63) is 17.4 Å². The molecule has 1 aliphatic heterocycles. The lowest BCUT2D eigenvalue weighted by atomic mass is 9.96. The number of aliphatic hydroxyl groups is 2. The molecule has 16 heteroatoms. The molecule has 6 N–H and O–H groups in total. The summed E-state index contributed by atoms with van der Waals surface area (Å²) < 4.78 is 12.4. The van der Waals surface area contributed by atoms with E-state index in [0.29, 0.717) is 0 Å². The van der Waals surface area contributed by atoms with Crippen LogP contribution in [0, 0.1) is 0 Å². The van der Waals surface area contributed by atoms with Gasteiger partial charge in [-0.25, -0.2) is 9.78 Å². The number of aromatic nitrogens is 8. The van der Waals surface area contributed by atoms with Crippen molar-refractivity contribution in [2.75, 3.05) is 12.3 Å². The Balaban J connectivity index is 1.58. The summed E-state index contributed by atoms with van der Waals surface area (Å²) in [7, 11) is 0. The van der Waals surface area contributed by atoms with Crippen LogP contribution in [0.4, 0.5) is 5.82 Å². The van der Waals surface area contributed by atoms with Gasteiger partial charge in [0.05, 0.1) is 12.9 Å². The van der Waals surface area contributed by atoms with Gasteiger partial charge in [0.1, 0.15) is 23.3 Å². The third-order valence-electron chi connectivity index (χ3n) is 4.68. The van der Waals surface area contributed by atoms with Gasteiger partial charge in [0.15, 0.2) is 17.7 Å². The molecule has 0 radical (unpaired) electrons. The predicted octanol–water partition coefficient (Wildman–Crippen LogP) is -1.57. The maximum Gasteiger partial charge on any atom is 0.341 e. The minimum Gasteiger partial charge on any atom is -0.479 e. The number of nitrogens with one attached hydrogen (secondary N) is 1. The molecule has 1 fully saturated rings. The van der Waals surface area contributed by atoms with Crippen LogP contribution in [0.2, 0.25) is 5.28 Å². The Hall–Kier alpha value is -2.98. The van der Waals surface area contributed by atoms with Gasteiger partial charge in [-0.2, -0.15) is 15.2 Å². The van der Waals surface area contributed by atoms with Crippen LogP contribution in [0.1, 0.15) is 25.1 Å².